The molecule has 0 aliphatic carbocycles. The van der Waals surface area contributed by atoms with Crippen molar-refractivity contribution in [2.45, 2.75) is 52.7 Å². The van der Waals surface area contributed by atoms with Crippen LogP contribution in [0.25, 0.3) is 0 Å². The molecule has 1 aromatic heterocycles. The van der Waals surface area contributed by atoms with Crippen LogP contribution >= 0.6 is 0 Å². The molecule has 2 amide bonds. The van der Waals surface area contributed by atoms with Crippen LogP contribution in [0.4, 0.5) is 10.7 Å². The normalized spacial score (nSPS) is 18.2. The second kappa shape index (κ2) is 12.3. The number of fused-ring (bicyclic) bond motifs is 1. The Kier molecular flexibility index (Phi) is 8.53. The quantitative estimate of drug-likeness (QED) is 0.317. The van der Waals surface area contributed by atoms with E-state index in [1.807, 2.05) is 56.1 Å². The van der Waals surface area contributed by atoms with Crippen molar-refractivity contribution in [2.24, 2.45) is 0 Å². The van der Waals surface area contributed by atoms with E-state index < -0.39 is 5.60 Å². The maximum Gasteiger partial charge on any atom is 0.410 e. The van der Waals surface area contributed by atoms with Gasteiger partial charge < -0.3 is 23.8 Å². The van der Waals surface area contributed by atoms with Gasteiger partial charge in [0.15, 0.2) is 12.4 Å². The van der Waals surface area contributed by atoms with E-state index in [9.17, 15) is 9.59 Å². The Morgan fingerprint density at radius 2 is 1.81 bits per heavy atom. The number of rotatable bonds is 8. The summed E-state index contributed by atoms with van der Waals surface area (Å²) in [4.78, 5) is 29.1. The maximum absolute atomic E-state index is 13.4. The average Bonchev–Trinajstić information content (AvgIpc) is 3.47. The Balaban J connectivity index is 1.17. The Bertz CT molecular complexity index is 1440. The number of nitrogens with zero attached hydrogens (tertiary/aromatic N) is 4. The first-order valence-corrected chi connectivity index (χ1v) is 14.0. The Morgan fingerprint density at radius 3 is 2.52 bits per heavy atom. The van der Waals surface area contributed by atoms with Gasteiger partial charge in [-0.2, -0.15) is 0 Å². The van der Waals surface area contributed by atoms with Gasteiger partial charge in [-0.3, -0.25) is 14.6 Å². The molecule has 5 rings (SSSR count). The largest absolute Gasteiger partial charge is 0.477 e. The van der Waals surface area contributed by atoms with E-state index in [0.29, 0.717) is 44.8 Å². The predicted octanol–water partition coefficient (Wildman–Crippen LogP) is 3.18. The number of hydrogen-bond donors (Lipinski definition) is 1. The lowest BCUT2D eigenvalue weighted by Crippen LogP contribution is -2.65. The van der Waals surface area contributed by atoms with Crippen molar-refractivity contribution >= 4 is 17.9 Å². The molecule has 1 saturated heterocycles. The molecule has 2 aliphatic rings. The number of benzene rings is 2. The lowest BCUT2D eigenvalue weighted by molar-refractivity contribution is -0.759. The molecule has 1 N–H and O–H groups in total. The van der Waals surface area contributed by atoms with Gasteiger partial charge in [0.1, 0.15) is 18.1 Å². The summed E-state index contributed by atoms with van der Waals surface area (Å²) < 4.78 is 28.2. The van der Waals surface area contributed by atoms with Crippen LogP contribution in [0.15, 0.2) is 41.1 Å². The molecule has 12 heteroatoms. The summed E-state index contributed by atoms with van der Waals surface area (Å²) >= 11 is 0. The number of amides is 2. The summed E-state index contributed by atoms with van der Waals surface area (Å²) in [6, 6.07) is 9.58. The SMILES string of the molecule is COCOc1c(C)c(C)c2c(c1C)CCC(C)(C(=O)Nc1c[n+](N3CCN(C(=O)OCc4ccccc4)CC3)no1)O2. The minimum absolute atomic E-state index is 0.162. The van der Waals surface area contributed by atoms with Crippen molar-refractivity contribution in [3.8, 4) is 11.5 Å². The van der Waals surface area contributed by atoms with Crippen molar-refractivity contribution in [3.05, 3.63) is 64.3 Å². The summed E-state index contributed by atoms with van der Waals surface area (Å²) in [5, 5.41) is 8.81. The van der Waals surface area contributed by atoms with Crippen molar-refractivity contribution in [1.29, 1.82) is 0 Å². The van der Waals surface area contributed by atoms with Crippen LogP contribution in [0, 0.1) is 20.8 Å². The average molecular weight is 581 g/mol. The molecule has 0 saturated carbocycles. The molecule has 224 valence electrons. The highest BCUT2D eigenvalue weighted by Gasteiger charge is 2.42. The van der Waals surface area contributed by atoms with Gasteiger partial charge in [0, 0.05) is 32.2 Å². The fourth-order valence-electron chi connectivity index (χ4n) is 5.29. The molecule has 1 atom stereocenters. The molecule has 3 heterocycles. The van der Waals surface area contributed by atoms with Gasteiger partial charge in [0.05, 0.1) is 17.9 Å². The van der Waals surface area contributed by atoms with E-state index in [2.05, 4.69) is 10.6 Å². The third kappa shape index (κ3) is 5.98. The summed E-state index contributed by atoms with van der Waals surface area (Å²) in [6.07, 6.45) is 2.40. The number of hydrogen-bond acceptors (Lipinski definition) is 9. The van der Waals surface area contributed by atoms with Gasteiger partial charge in [0.25, 0.3) is 12.1 Å². The molecular weight excluding hydrogens is 542 g/mol. The molecule has 1 unspecified atom stereocenters. The molecule has 0 bridgehead atoms. The number of anilines is 1. The molecule has 2 aromatic carbocycles. The topological polar surface area (TPSA) is 119 Å². The zero-order valence-electron chi connectivity index (χ0n) is 24.8. The smallest absolute Gasteiger partial charge is 0.410 e. The lowest BCUT2D eigenvalue weighted by Gasteiger charge is -2.36. The van der Waals surface area contributed by atoms with Crippen LogP contribution in [0.5, 0.6) is 11.5 Å². The van der Waals surface area contributed by atoms with Crippen LogP contribution in [0.1, 0.15) is 41.2 Å². The Hall–Kier alpha value is -4.32. The number of methoxy groups -OCH3 is 1. The molecular formula is C30H38N5O7+. The zero-order chi connectivity index (χ0) is 29.9. The van der Waals surface area contributed by atoms with Crippen LogP contribution in [0.3, 0.4) is 0 Å². The number of piperazine rings is 1. The third-order valence-corrected chi connectivity index (χ3v) is 7.99. The van der Waals surface area contributed by atoms with Crippen LogP contribution in [0.2, 0.25) is 0 Å². The van der Waals surface area contributed by atoms with E-state index >= 15 is 0 Å². The molecule has 2 aliphatic heterocycles. The van der Waals surface area contributed by atoms with Gasteiger partial charge in [-0.25, -0.2) is 4.79 Å². The maximum atomic E-state index is 13.4. The molecule has 12 nitrogen and oxygen atoms in total. The van der Waals surface area contributed by atoms with Crippen molar-refractivity contribution in [2.75, 3.05) is 50.4 Å². The first-order valence-electron chi connectivity index (χ1n) is 14.0. The summed E-state index contributed by atoms with van der Waals surface area (Å²) in [6.45, 7) is 10.1. The Labute approximate surface area is 245 Å². The van der Waals surface area contributed by atoms with Crippen LogP contribution in [-0.2, 0) is 27.3 Å². The highest BCUT2D eigenvalue weighted by Crippen LogP contribution is 2.44. The molecule has 0 spiro atoms. The van der Waals surface area contributed by atoms with Gasteiger partial charge in [-0.1, -0.05) is 30.3 Å². The molecule has 1 fully saturated rings. The highest BCUT2D eigenvalue weighted by atomic mass is 16.7. The highest BCUT2D eigenvalue weighted by molar-refractivity contribution is 5.96. The van der Waals surface area contributed by atoms with Crippen LogP contribution < -0.4 is 24.6 Å². The van der Waals surface area contributed by atoms with Crippen LogP contribution in [-0.4, -0.2) is 67.9 Å². The van der Waals surface area contributed by atoms with Gasteiger partial charge >= 0.3 is 12.0 Å². The number of nitrogens with one attached hydrogen (secondary N) is 1. The fourth-order valence-corrected chi connectivity index (χ4v) is 5.29. The second-order valence-electron chi connectivity index (χ2n) is 10.8. The van der Waals surface area contributed by atoms with Gasteiger partial charge in [-0.05, 0) is 56.4 Å². The van der Waals surface area contributed by atoms with E-state index in [-0.39, 0.29) is 31.3 Å². The lowest BCUT2D eigenvalue weighted by atomic mass is 9.86. The van der Waals surface area contributed by atoms with Crippen molar-refractivity contribution in [1.82, 2.24) is 10.2 Å². The Morgan fingerprint density at radius 1 is 1.07 bits per heavy atom. The number of carbonyl (C=O) groups is 2. The second-order valence-corrected chi connectivity index (χ2v) is 10.8. The first kappa shape index (κ1) is 29.2. The molecule has 0 radical (unpaired) electrons. The molecule has 42 heavy (non-hydrogen) atoms. The zero-order valence-corrected chi connectivity index (χ0v) is 24.8. The van der Waals surface area contributed by atoms with E-state index in [1.165, 1.54) is 0 Å². The summed E-state index contributed by atoms with van der Waals surface area (Å²) in [5.74, 6) is 1.39. The summed E-state index contributed by atoms with van der Waals surface area (Å²) in [5.41, 5.74) is 3.75. The van der Waals surface area contributed by atoms with E-state index in [4.69, 9.17) is 23.5 Å². The number of aromatic nitrogens is 2. The van der Waals surface area contributed by atoms with E-state index in [0.717, 1.165) is 33.6 Å². The fraction of sp³-hybridized carbons (Fsp3) is 0.467. The number of carbonyl (C=O) groups excluding carboxylic acids is 2. The van der Waals surface area contributed by atoms with Gasteiger partial charge in [0.2, 0.25) is 5.27 Å². The third-order valence-electron chi connectivity index (χ3n) is 7.99. The van der Waals surface area contributed by atoms with E-state index in [1.54, 1.807) is 29.9 Å². The summed E-state index contributed by atoms with van der Waals surface area (Å²) in [7, 11) is 1.59. The van der Waals surface area contributed by atoms with Crippen molar-refractivity contribution < 1.29 is 37.9 Å². The number of ether oxygens (including phenoxy) is 4. The minimum atomic E-state index is -1.10. The molecule has 3 aromatic rings. The van der Waals surface area contributed by atoms with Gasteiger partial charge in [-0.15, -0.1) is 5.01 Å². The predicted molar refractivity (Wildman–Crippen MR) is 152 cm³/mol. The standard InChI is InChI=1S/C30H37N5O7/c1-20-21(2)27-24(22(3)26(20)40-19-38-5)11-12-30(4,41-27)28(36)31-25-17-35(32-42-25)34-15-13-33(14-16-34)29(37)39-18-23-9-7-6-8-10-23/h6-10,17H,11-16,18-19H2,1-5H3/p+1. The van der Waals surface area contributed by atoms with Crippen molar-refractivity contribution in [3.63, 3.8) is 0 Å². The minimum Gasteiger partial charge on any atom is -0.477 e. The monoisotopic (exact) mass is 580 g/mol. The first-order chi connectivity index (χ1) is 20.2.